The topological polar surface area (TPSA) is 24.1 Å². The second kappa shape index (κ2) is 5.13. The van der Waals surface area contributed by atoms with Crippen LogP contribution in [0, 0.1) is 5.92 Å². The van der Waals surface area contributed by atoms with Gasteiger partial charge in [-0.15, -0.1) is 0 Å². The van der Waals surface area contributed by atoms with E-state index in [4.69, 9.17) is 0 Å². The third-order valence-electron chi connectivity index (χ3n) is 2.91. The van der Waals surface area contributed by atoms with Crippen molar-refractivity contribution in [1.82, 2.24) is 10.6 Å². The van der Waals surface area contributed by atoms with Crippen molar-refractivity contribution in [3.8, 4) is 0 Å². The predicted octanol–water partition coefficient (Wildman–Crippen LogP) is 2.15. The highest BCUT2D eigenvalue weighted by atomic mass is 15.0. The molecular weight excluding hydrogens is 172 g/mol. The molecule has 1 atom stereocenters. The Kier molecular flexibility index (Phi) is 4.39. The molecule has 1 aliphatic rings. The lowest BCUT2D eigenvalue weighted by Gasteiger charge is -2.29. The van der Waals surface area contributed by atoms with E-state index in [-0.39, 0.29) is 0 Å². The van der Waals surface area contributed by atoms with Gasteiger partial charge < -0.3 is 10.6 Å². The molecule has 1 rings (SSSR count). The summed E-state index contributed by atoms with van der Waals surface area (Å²) in [5.74, 6) is 0.772. The number of hydrogen-bond donors (Lipinski definition) is 2. The first-order valence-corrected chi connectivity index (χ1v) is 5.98. The molecule has 1 aliphatic heterocycles. The van der Waals surface area contributed by atoms with Crippen molar-refractivity contribution in [2.75, 3.05) is 13.1 Å². The highest BCUT2D eigenvalue weighted by Crippen LogP contribution is 2.16. The van der Waals surface area contributed by atoms with Crippen molar-refractivity contribution in [3.63, 3.8) is 0 Å². The Morgan fingerprint density at radius 1 is 1.43 bits per heavy atom. The van der Waals surface area contributed by atoms with E-state index < -0.39 is 0 Å². The van der Waals surface area contributed by atoms with Gasteiger partial charge in [0, 0.05) is 18.1 Å². The third kappa shape index (κ3) is 4.43. The van der Waals surface area contributed by atoms with Crippen molar-refractivity contribution in [1.29, 1.82) is 0 Å². The minimum Gasteiger partial charge on any atom is -0.313 e. The molecule has 0 aromatic heterocycles. The van der Waals surface area contributed by atoms with Gasteiger partial charge in [-0.3, -0.25) is 0 Å². The molecule has 1 unspecified atom stereocenters. The van der Waals surface area contributed by atoms with Gasteiger partial charge in [-0.2, -0.15) is 0 Å². The summed E-state index contributed by atoms with van der Waals surface area (Å²) in [4.78, 5) is 0. The van der Waals surface area contributed by atoms with Crippen LogP contribution in [0.3, 0.4) is 0 Å². The molecule has 0 amide bonds. The molecule has 0 aromatic rings. The van der Waals surface area contributed by atoms with Crippen LogP contribution in [-0.4, -0.2) is 24.7 Å². The Bertz CT molecular complexity index is 158. The van der Waals surface area contributed by atoms with Crippen LogP contribution in [0.25, 0.3) is 0 Å². The fourth-order valence-corrected chi connectivity index (χ4v) is 2.42. The van der Waals surface area contributed by atoms with Gasteiger partial charge in [-0.1, -0.05) is 13.8 Å². The summed E-state index contributed by atoms with van der Waals surface area (Å²) in [5.41, 5.74) is 0.290. The zero-order chi connectivity index (χ0) is 10.6. The second-order valence-electron chi connectivity index (χ2n) is 5.66. The minimum absolute atomic E-state index is 0.290. The van der Waals surface area contributed by atoms with Crippen LogP contribution >= 0.6 is 0 Å². The summed E-state index contributed by atoms with van der Waals surface area (Å²) in [6, 6.07) is 0.710. The summed E-state index contributed by atoms with van der Waals surface area (Å²) in [6.07, 6.45) is 3.93. The van der Waals surface area contributed by atoms with Crippen molar-refractivity contribution in [2.24, 2.45) is 5.92 Å². The molecule has 84 valence electrons. The van der Waals surface area contributed by atoms with E-state index in [0.29, 0.717) is 11.6 Å². The Morgan fingerprint density at radius 3 is 2.64 bits per heavy atom. The fourth-order valence-electron chi connectivity index (χ4n) is 2.42. The summed E-state index contributed by atoms with van der Waals surface area (Å²) in [7, 11) is 0. The van der Waals surface area contributed by atoms with Gasteiger partial charge in [-0.05, 0) is 45.6 Å². The van der Waals surface area contributed by atoms with Gasteiger partial charge in [0.15, 0.2) is 0 Å². The molecule has 0 saturated carbocycles. The maximum atomic E-state index is 3.67. The maximum absolute atomic E-state index is 3.67. The average Bonchev–Trinajstić information content (AvgIpc) is 2.50. The van der Waals surface area contributed by atoms with Crippen LogP contribution < -0.4 is 10.6 Å². The predicted molar refractivity (Wildman–Crippen MR) is 62.6 cm³/mol. The molecule has 14 heavy (non-hydrogen) atoms. The quantitative estimate of drug-likeness (QED) is 0.707. The van der Waals surface area contributed by atoms with Crippen LogP contribution in [0.1, 0.15) is 47.0 Å². The Hall–Kier alpha value is -0.0800. The zero-order valence-electron chi connectivity index (χ0n) is 10.2. The zero-order valence-corrected chi connectivity index (χ0v) is 10.2. The third-order valence-corrected chi connectivity index (χ3v) is 2.91. The molecule has 2 N–H and O–H groups in total. The molecule has 2 heteroatoms. The Balaban J connectivity index is 2.20. The van der Waals surface area contributed by atoms with Gasteiger partial charge in [-0.25, -0.2) is 0 Å². The SMILES string of the molecule is CC(C)CC(C)(C)NCC1CCCN1. The molecule has 1 saturated heterocycles. The van der Waals surface area contributed by atoms with E-state index in [1.54, 1.807) is 0 Å². The minimum atomic E-state index is 0.290. The first-order valence-electron chi connectivity index (χ1n) is 5.98. The Labute approximate surface area is 88.8 Å². The fraction of sp³-hybridized carbons (Fsp3) is 1.00. The maximum Gasteiger partial charge on any atom is 0.0193 e. The lowest BCUT2D eigenvalue weighted by molar-refractivity contribution is 0.306. The monoisotopic (exact) mass is 198 g/mol. The van der Waals surface area contributed by atoms with Gasteiger partial charge in [0.05, 0.1) is 0 Å². The van der Waals surface area contributed by atoms with E-state index in [1.807, 2.05) is 0 Å². The van der Waals surface area contributed by atoms with Gasteiger partial charge >= 0.3 is 0 Å². The van der Waals surface area contributed by atoms with Crippen LogP contribution in [0.15, 0.2) is 0 Å². The van der Waals surface area contributed by atoms with Gasteiger partial charge in [0.1, 0.15) is 0 Å². The summed E-state index contributed by atoms with van der Waals surface area (Å²) in [5, 5.41) is 7.19. The number of rotatable bonds is 5. The molecule has 0 spiro atoms. The first kappa shape index (κ1) is 12.0. The lowest BCUT2D eigenvalue weighted by atomic mass is 9.92. The number of hydrogen-bond acceptors (Lipinski definition) is 2. The van der Waals surface area contributed by atoms with Crippen molar-refractivity contribution >= 4 is 0 Å². The van der Waals surface area contributed by atoms with Crippen molar-refractivity contribution in [2.45, 2.75) is 58.5 Å². The lowest BCUT2D eigenvalue weighted by Crippen LogP contribution is -2.46. The summed E-state index contributed by atoms with van der Waals surface area (Å²) < 4.78 is 0. The van der Waals surface area contributed by atoms with Crippen LogP contribution in [-0.2, 0) is 0 Å². The smallest absolute Gasteiger partial charge is 0.0193 e. The second-order valence-corrected chi connectivity index (χ2v) is 5.66. The number of nitrogens with one attached hydrogen (secondary N) is 2. The Morgan fingerprint density at radius 2 is 2.14 bits per heavy atom. The highest BCUT2D eigenvalue weighted by Gasteiger charge is 2.21. The van der Waals surface area contributed by atoms with Gasteiger partial charge in [0.2, 0.25) is 0 Å². The van der Waals surface area contributed by atoms with E-state index in [0.717, 1.165) is 12.5 Å². The van der Waals surface area contributed by atoms with E-state index in [9.17, 15) is 0 Å². The molecule has 0 aliphatic carbocycles. The molecule has 0 bridgehead atoms. The normalized spacial score (nSPS) is 23.4. The van der Waals surface area contributed by atoms with Crippen LogP contribution in [0.4, 0.5) is 0 Å². The van der Waals surface area contributed by atoms with E-state index in [1.165, 1.54) is 25.8 Å². The summed E-state index contributed by atoms with van der Waals surface area (Å²) >= 11 is 0. The standard InChI is InChI=1S/C12H26N2/c1-10(2)8-12(3,4)14-9-11-6-5-7-13-11/h10-11,13-14H,5-9H2,1-4H3. The highest BCUT2D eigenvalue weighted by molar-refractivity contribution is 4.83. The largest absolute Gasteiger partial charge is 0.313 e. The van der Waals surface area contributed by atoms with Crippen molar-refractivity contribution < 1.29 is 0 Å². The van der Waals surface area contributed by atoms with Gasteiger partial charge in [0.25, 0.3) is 0 Å². The molecule has 1 fully saturated rings. The first-order chi connectivity index (χ1) is 6.49. The molecular formula is C12H26N2. The van der Waals surface area contributed by atoms with Crippen LogP contribution in [0.5, 0.6) is 0 Å². The molecule has 0 aromatic carbocycles. The summed E-state index contributed by atoms with van der Waals surface area (Å²) in [6.45, 7) is 11.5. The van der Waals surface area contributed by atoms with E-state index in [2.05, 4.69) is 38.3 Å². The van der Waals surface area contributed by atoms with E-state index >= 15 is 0 Å². The molecule has 1 heterocycles. The molecule has 2 nitrogen and oxygen atoms in total. The van der Waals surface area contributed by atoms with Crippen LogP contribution in [0.2, 0.25) is 0 Å². The average molecular weight is 198 g/mol. The van der Waals surface area contributed by atoms with Crippen molar-refractivity contribution in [3.05, 3.63) is 0 Å². The molecule has 0 radical (unpaired) electrons.